The van der Waals surface area contributed by atoms with Gasteiger partial charge in [0.1, 0.15) is 13.2 Å². The van der Waals surface area contributed by atoms with Gasteiger partial charge in [-0.2, -0.15) is 0 Å². The maximum atomic E-state index is 12.8. The summed E-state index contributed by atoms with van der Waals surface area (Å²) in [5.41, 5.74) is 0. The molecular formula is C58H92O6. The summed E-state index contributed by atoms with van der Waals surface area (Å²) in [5.74, 6) is -1.02. The van der Waals surface area contributed by atoms with Gasteiger partial charge in [-0.25, -0.2) is 0 Å². The Bertz CT molecular complexity index is 1390. The lowest BCUT2D eigenvalue weighted by atomic mass is 10.1. The standard InChI is InChI=1S/C58H92O6/c1-4-7-10-13-16-19-22-24-26-28-29-31-32-34-36-39-42-45-48-51-57(60)63-54-55(53-62-56(59)50-47-44-41-38-21-18-15-12-9-6-3)64-58(61)52-49-46-43-40-37-35-33-30-27-25-23-20-17-14-11-8-5-2/h7,10,13,16,19,22,24-29,31-36,40,43,55H,4-6,8-9,11-12,14-15,17-18,20-21,23,30,37-39,41-42,44-54H2,1-3H3/b10-7-,16-13-,22-19-,26-24-,27-25-,29-28+,32-31-,35-33-,36-34-,43-40-. The number of allylic oxidation sites excluding steroid dienone is 20. The maximum Gasteiger partial charge on any atom is 0.306 e. The molecule has 0 heterocycles. The number of esters is 3. The highest BCUT2D eigenvalue weighted by Gasteiger charge is 2.19. The van der Waals surface area contributed by atoms with E-state index in [1.54, 1.807) is 0 Å². The molecule has 0 aliphatic heterocycles. The quantitative estimate of drug-likeness (QED) is 0.0199. The van der Waals surface area contributed by atoms with E-state index in [4.69, 9.17) is 14.2 Å². The molecular weight excluding hydrogens is 793 g/mol. The SMILES string of the molecule is CC\C=C/C=C\C=C/C=C\C=C\C=C/C=C\CCCCCC(=O)OCC(COC(=O)CCCCCCCCCCCC)OC(=O)CCC/C=C\C/C=C\C/C=C\CCCCCCCC. The van der Waals surface area contributed by atoms with Gasteiger partial charge in [0.05, 0.1) is 0 Å². The van der Waals surface area contributed by atoms with Gasteiger partial charge >= 0.3 is 17.9 Å². The van der Waals surface area contributed by atoms with Crippen molar-refractivity contribution in [1.82, 2.24) is 0 Å². The molecule has 0 bridgehead atoms. The minimum atomic E-state index is -0.824. The van der Waals surface area contributed by atoms with Gasteiger partial charge in [-0.15, -0.1) is 0 Å². The fraction of sp³-hybridized carbons (Fsp3) is 0.603. The average Bonchev–Trinajstić information content (AvgIpc) is 3.29. The molecule has 0 aromatic carbocycles. The predicted octanol–water partition coefficient (Wildman–Crippen LogP) is 16.9. The molecule has 0 aliphatic rings. The van der Waals surface area contributed by atoms with Crippen LogP contribution in [0.5, 0.6) is 0 Å². The molecule has 360 valence electrons. The third kappa shape index (κ3) is 48.8. The summed E-state index contributed by atoms with van der Waals surface area (Å²) in [6, 6.07) is 0. The summed E-state index contributed by atoms with van der Waals surface area (Å²) >= 11 is 0. The van der Waals surface area contributed by atoms with Crippen LogP contribution in [0.4, 0.5) is 0 Å². The number of hydrogen-bond acceptors (Lipinski definition) is 6. The topological polar surface area (TPSA) is 78.9 Å². The second-order valence-corrected chi connectivity index (χ2v) is 16.5. The zero-order valence-corrected chi connectivity index (χ0v) is 41.0. The van der Waals surface area contributed by atoms with E-state index in [0.717, 1.165) is 70.6 Å². The Hall–Kier alpha value is -4.19. The Morgan fingerprint density at radius 2 is 0.688 bits per heavy atom. The first-order valence-electron chi connectivity index (χ1n) is 25.6. The van der Waals surface area contributed by atoms with Crippen molar-refractivity contribution in [1.29, 1.82) is 0 Å². The van der Waals surface area contributed by atoms with E-state index >= 15 is 0 Å². The van der Waals surface area contributed by atoms with Gasteiger partial charge in [-0.3, -0.25) is 14.4 Å². The maximum absolute atomic E-state index is 12.8. The average molecular weight is 885 g/mol. The summed E-state index contributed by atoms with van der Waals surface area (Å²) < 4.78 is 16.7. The number of carbonyl (C=O) groups excluding carboxylic acids is 3. The van der Waals surface area contributed by atoms with E-state index in [9.17, 15) is 14.4 Å². The number of carbonyl (C=O) groups is 3. The van der Waals surface area contributed by atoms with Crippen LogP contribution in [-0.2, 0) is 28.6 Å². The molecule has 0 aliphatic carbocycles. The predicted molar refractivity (Wildman–Crippen MR) is 274 cm³/mol. The summed E-state index contributed by atoms with van der Waals surface area (Å²) in [6.45, 7) is 6.37. The van der Waals surface area contributed by atoms with Crippen molar-refractivity contribution in [2.45, 2.75) is 213 Å². The van der Waals surface area contributed by atoms with E-state index in [0.29, 0.717) is 19.3 Å². The lowest BCUT2D eigenvalue weighted by molar-refractivity contribution is -0.167. The molecule has 6 heteroatoms. The van der Waals surface area contributed by atoms with Crippen LogP contribution in [0.3, 0.4) is 0 Å². The first-order valence-corrected chi connectivity index (χ1v) is 25.6. The molecule has 0 radical (unpaired) electrons. The van der Waals surface area contributed by atoms with Crippen LogP contribution in [0, 0.1) is 0 Å². The lowest BCUT2D eigenvalue weighted by Crippen LogP contribution is -2.30. The van der Waals surface area contributed by atoms with Crippen LogP contribution in [-0.4, -0.2) is 37.2 Å². The van der Waals surface area contributed by atoms with E-state index in [-0.39, 0.29) is 37.5 Å². The fourth-order valence-corrected chi connectivity index (χ4v) is 6.56. The van der Waals surface area contributed by atoms with E-state index < -0.39 is 6.10 Å². The zero-order chi connectivity index (χ0) is 46.5. The first-order chi connectivity index (χ1) is 31.5. The molecule has 1 unspecified atom stereocenters. The van der Waals surface area contributed by atoms with Crippen LogP contribution in [0.25, 0.3) is 0 Å². The van der Waals surface area contributed by atoms with Gasteiger partial charge < -0.3 is 14.2 Å². The molecule has 0 N–H and O–H groups in total. The number of rotatable bonds is 44. The summed E-state index contributed by atoms with van der Waals surface area (Å²) in [5, 5.41) is 0. The van der Waals surface area contributed by atoms with Crippen LogP contribution in [0.2, 0.25) is 0 Å². The third-order valence-electron chi connectivity index (χ3n) is 10.4. The molecule has 1 atom stereocenters. The molecule has 0 saturated carbocycles. The molecule has 0 spiro atoms. The molecule has 0 amide bonds. The highest BCUT2D eigenvalue weighted by atomic mass is 16.6. The summed E-state index contributed by atoms with van der Waals surface area (Å²) in [6.07, 6.45) is 70.4. The lowest BCUT2D eigenvalue weighted by Gasteiger charge is -2.18. The van der Waals surface area contributed by atoms with Crippen LogP contribution >= 0.6 is 0 Å². The highest BCUT2D eigenvalue weighted by molar-refractivity contribution is 5.71. The molecule has 0 rings (SSSR count). The van der Waals surface area contributed by atoms with E-state index in [1.165, 1.54) is 89.9 Å². The Morgan fingerprint density at radius 3 is 1.16 bits per heavy atom. The summed E-state index contributed by atoms with van der Waals surface area (Å²) in [4.78, 5) is 37.9. The van der Waals surface area contributed by atoms with Crippen molar-refractivity contribution < 1.29 is 28.6 Å². The zero-order valence-electron chi connectivity index (χ0n) is 41.0. The third-order valence-corrected chi connectivity index (χ3v) is 10.4. The van der Waals surface area contributed by atoms with E-state index in [2.05, 4.69) is 69.4 Å². The first kappa shape index (κ1) is 59.8. The van der Waals surface area contributed by atoms with Gasteiger partial charge in [-0.05, 0) is 70.6 Å². The van der Waals surface area contributed by atoms with E-state index in [1.807, 2.05) is 72.9 Å². The Kier molecular flexibility index (Phi) is 48.1. The number of unbranched alkanes of at least 4 members (excludes halogenated alkanes) is 19. The Balaban J connectivity index is 4.56. The van der Waals surface area contributed by atoms with Crippen molar-refractivity contribution in [3.05, 3.63) is 122 Å². The van der Waals surface area contributed by atoms with Crippen molar-refractivity contribution in [2.24, 2.45) is 0 Å². The van der Waals surface area contributed by atoms with Gasteiger partial charge in [0.2, 0.25) is 0 Å². The number of ether oxygens (including phenoxy) is 3. The van der Waals surface area contributed by atoms with Crippen molar-refractivity contribution >= 4 is 17.9 Å². The smallest absolute Gasteiger partial charge is 0.306 e. The Labute approximate surface area is 392 Å². The van der Waals surface area contributed by atoms with Crippen molar-refractivity contribution in [3.8, 4) is 0 Å². The van der Waals surface area contributed by atoms with Crippen LogP contribution < -0.4 is 0 Å². The fourth-order valence-electron chi connectivity index (χ4n) is 6.56. The molecule has 6 nitrogen and oxygen atoms in total. The molecule has 0 aromatic heterocycles. The minimum Gasteiger partial charge on any atom is -0.462 e. The molecule has 0 aromatic rings. The monoisotopic (exact) mass is 885 g/mol. The molecule has 64 heavy (non-hydrogen) atoms. The molecule has 0 saturated heterocycles. The summed E-state index contributed by atoms with van der Waals surface area (Å²) in [7, 11) is 0. The van der Waals surface area contributed by atoms with Crippen molar-refractivity contribution in [2.75, 3.05) is 13.2 Å². The van der Waals surface area contributed by atoms with Gasteiger partial charge in [0.15, 0.2) is 6.10 Å². The van der Waals surface area contributed by atoms with Gasteiger partial charge in [-0.1, -0.05) is 239 Å². The van der Waals surface area contributed by atoms with Gasteiger partial charge in [0.25, 0.3) is 0 Å². The highest BCUT2D eigenvalue weighted by Crippen LogP contribution is 2.13. The van der Waals surface area contributed by atoms with Crippen molar-refractivity contribution in [3.63, 3.8) is 0 Å². The number of hydrogen-bond donors (Lipinski definition) is 0. The second kappa shape index (κ2) is 51.4. The normalized spacial score (nSPS) is 13.1. The Morgan fingerprint density at radius 1 is 0.344 bits per heavy atom. The van der Waals surface area contributed by atoms with Crippen LogP contribution in [0.15, 0.2) is 122 Å². The largest absolute Gasteiger partial charge is 0.462 e. The molecule has 0 fully saturated rings. The minimum absolute atomic E-state index is 0.115. The second-order valence-electron chi connectivity index (χ2n) is 16.5. The van der Waals surface area contributed by atoms with Crippen LogP contribution in [0.1, 0.15) is 207 Å². The van der Waals surface area contributed by atoms with Gasteiger partial charge in [0, 0.05) is 19.3 Å².